The van der Waals surface area contributed by atoms with E-state index in [1.54, 1.807) is 67.6 Å². The molecule has 206 valence electrons. The number of halogens is 2. The van der Waals surface area contributed by atoms with Crippen molar-refractivity contribution in [2.45, 2.75) is 56.1 Å². The predicted molar refractivity (Wildman–Crippen MR) is 152 cm³/mol. The van der Waals surface area contributed by atoms with Crippen LogP contribution in [-0.4, -0.2) is 43.8 Å². The van der Waals surface area contributed by atoms with E-state index in [-0.39, 0.29) is 34.6 Å². The van der Waals surface area contributed by atoms with Crippen LogP contribution in [0.25, 0.3) is 0 Å². The zero-order chi connectivity index (χ0) is 28.0. The highest BCUT2D eigenvalue weighted by Gasteiger charge is 2.33. The van der Waals surface area contributed by atoms with Gasteiger partial charge in [-0.2, -0.15) is 0 Å². The molecule has 3 aromatic rings. The lowest BCUT2D eigenvalue weighted by Gasteiger charge is -2.32. The molecule has 1 aliphatic rings. The molecule has 10 heteroatoms. The lowest BCUT2D eigenvalue weighted by Crippen LogP contribution is -2.52. The van der Waals surface area contributed by atoms with Gasteiger partial charge in [0, 0.05) is 22.6 Å². The summed E-state index contributed by atoms with van der Waals surface area (Å²) < 4.78 is 43.8. The zero-order valence-corrected chi connectivity index (χ0v) is 24.0. The second kappa shape index (κ2) is 12.7. The number of carbonyl (C=O) groups excluding carboxylic acids is 2. The quantitative estimate of drug-likeness (QED) is 0.337. The largest absolute Gasteiger partial charge is 0.352 e. The summed E-state index contributed by atoms with van der Waals surface area (Å²) in [5.74, 6) is -1.50. The van der Waals surface area contributed by atoms with Gasteiger partial charge in [0.1, 0.15) is 18.4 Å². The Bertz CT molecular complexity index is 1410. The lowest BCUT2D eigenvalue weighted by molar-refractivity contribution is -0.139. The van der Waals surface area contributed by atoms with Crippen molar-refractivity contribution in [1.29, 1.82) is 0 Å². The molecular formula is C29H31BrFN3O4S. The molecule has 0 aliphatic heterocycles. The third-order valence-electron chi connectivity index (χ3n) is 6.87. The molecule has 1 saturated carbocycles. The van der Waals surface area contributed by atoms with E-state index in [1.165, 1.54) is 23.1 Å². The first-order chi connectivity index (χ1) is 18.7. The summed E-state index contributed by atoms with van der Waals surface area (Å²) in [6.45, 7) is 0.809. The first-order valence-corrected chi connectivity index (χ1v) is 15.1. The average molecular weight is 617 g/mol. The van der Waals surface area contributed by atoms with E-state index in [2.05, 4.69) is 21.2 Å². The average Bonchev–Trinajstić information content (AvgIpc) is 3.44. The first-order valence-electron chi connectivity index (χ1n) is 12.8. The van der Waals surface area contributed by atoms with E-state index in [0.29, 0.717) is 4.47 Å². The van der Waals surface area contributed by atoms with Crippen LogP contribution in [0.2, 0.25) is 0 Å². The van der Waals surface area contributed by atoms with Gasteiger partial charge in [-0.1, -0.05) is 71.2 Å². The number of benzene rings is 3. The molecule has 1 atom stereocenters. The highest BCUT2D eigenvalue weighted by molar-refractivity contribution is 9.10. The second-order valence-corrected chi connectivity index (χ2v) is 12.4. The Labute approximate surface area is 237 Å². The van der Waals surface area contributed by atoms with E-state index >= 15 is 0 Å². The van der Waals surface area contributed by atoms with Crippen molar-refractivity contribution >= 4 is 43.5 Å². The fraction of sp³-hybridized carbons (Fsp3) is 0.310. The Morgan fingerprint density at radius 2 is 1.67 bits per heavy atom. The van der Waals surface area contributed by atoms with Gasteiger partial charge < -0.3 is 10.2 Å². The number of amides is 2. The SMILES string of the molecule is C[C@H](C(=O)NC1CCCC1)N(Cc1ccccc1F)C(=O)CN(c1cccc(Br)c1)S(=O)(=O)c1ccccc1. The number of anilines is 1. The predicted octanol–water partition coefficient (Wildman–Crippen LogP) is 5.26. The molecule has 4 rings (SSSR count). The Balaban J connectivity index is 1.69. The van der Waals surface area contributed by atoms with Crippen LogP contribution in [-0.2, 0) is 26.2 Å². The van der Waals surface area contributed by atoms with Crippen molar-refractivity contribution in [3.05, 3.63) is 94.7 Å². The highest BCUT2D eigenvalue weighted by Crippen LogP contribution is 2.27. The van der Waals surface area contributed by atoms with Crippen molar-refractivity contribution in [2.24, 2.45) is 0 Å². The summed E-state index contributed by atoms with van der Waals surface area (Å²) in [6, 6.07) is 19.5. The monoisotopic (exact) mass is 615 g/mol. The Kier molecular flexibility index (Phi) is 9.40. The van der Waals surface area contributed by atoms with Crippen molar-refractivity contribution in [1.82, 2.24) is 10.2 Å². The number of nitrogens with one attached hydrogen (secondary N) is 1. The topological polar surface area (TPSA) is 86.8 Å². The van der Waals surface area contributed by atoms with Gasteiger partial charge in [0.05, 0.1) is 10.6 Å². The third kappa shape index (κ3) is 7.05. The summed E-state index contributed by atoms with van der Waals surface area (Å²) in [7, 11) is -4.15. The number of hydrogen-bond donors (Lipinski definition) is 1. The summed E-state index contributed by atoms with van der Waals surface area (Å²) in [4.78, 5) is 28.4. The molecule has 0 aromatic heterocycles. The van der Waals surface area contributed by atoms with Crippen LogP contribution in [0.3, 0.4) is 0 Å². The molecule has 0 spiro atoms. The van der Waals surface area contributed by atoms with Gasteiger partial charge in [-0.15, -0.1) is 0 Å². The van der Waals surface area contributed by atoms with E-state index in [9.17, 15) is 22.4 Å². The van der Waals surface area contributed by atoms with Crippen LogP contribution in [0.4, 0.5) is 10.1 Å². The molecule has 0 unspecified atom stereocenters. The summed E-state index contributed by atoms with van der Waals surface area (Å²) in [5.41, 5.74) is 0.502. The number of sulfonamides is 1. The molecule has 1 aliphatic carbocycles. The number of rotatable bonds is 10. The van der Waals surface area contributed by atoms with Crippen molar-refractivity contribution in [3.8, 4) is 0 Å². The van der Waals surface area contributed by atoms with Crippen LogP contribution in [0, 0.1) is 5.82 Å². The molecule has 0 heterocycles. The summed E-state index contributed by atoms with van der Waals surface area (Å²) in [5, 5.41) is 3.00. The number of nitrogens with zero attached hydrogens (tertiary/aromatic N) is 2. The molecule has 0 saturated heterocycles. The number of hydrogen-bond acceptors (Lipinski definition) is 4. The molecule has 7 nitrogen and oxygen atoms in total. The van der Waals surface area contributed by atoms with Crippen molar-refractivity contribution < 1.29 is 22.4 Å². The molecule has 3 aromatic carbocycles. The first kappa shape index (κ1) is 28.8. The molecule has 2 amide bonds. The maximum atomic E-state index is 14.6. The maximum Gasteiger partial charge on any atom is 0.264 e. The second-order valence-electron chi connectivity index (χ2n) is 9.58. The summed E-state index contributed by atoms with van der Waals surface area (Å²) >= 11 is 3.37. The zero-order valence-electron chi connectivity index (χ0n) is 21.6. The molecule has 0 radical (unpaired) electrons. The van der Waals surface area contributed by atoms with Crippen molar-refractivity contribution in [2.75, 3.05) is 10.8 Å². The van der Waals surface area contributed by atoms with Crippen LogP contribution < -0.4 is 9.62 Å². The van der Waals surface area contributed by atoms with Gasteiger partial charge in [-0.05, 0) is 56.2 Å². The van der Waals surface area contributed by atoms with Crippen LogP contribution >= 0.6 is 15.9 Å². The highest BCUT2D eigenvalue weighted by atomic mass is 79.9. The normalized spacial score (nSPS) is 14.5. The minimum atomic E-state index is -4.15. The molecular weight excluding hydrogens is 585 g/mol. The van der Waals surface area contributed by atoms with E-state index in [1.807, 2.05) is 0 Å². The van der Waals surface area contributed by atoms with E-state index in [0.717, 1.165) is 30.0 Å². The van der Waals surface area contributed by atoms with Gasteiger partial charge in [0.2, 0.25) is 11.8 Å². The van der Waals surface area contributed by atoms with Gasteiger partial charge in [0.25, 0.3) is 10.0 Å². The molecule has 39 heavy (non-hydrogen) atoms. The minimum absolute atomic E-state index is 0.0189. The van der Waals surface area contributed by atoms with Gasteiger partial charge in [0.15, 0.2) is 0 Å². The summed E-state index contributed by atoms with van der Waals surface area (Å²) in [6.07, 6.45) is 3.78. The van der Waals surface area contributed by atoms with Gasteiger partial charge >= 0.3 is 0 Å². The standard InChI is InChI=1S/C29H31BrFN3O4S/c1-21(29(36)32-24-12-6-7-13-24)33(19-22-10-5-8-17-27(22)31)28(35)20-34(25-14-9-11-23(30)18-25)39(37,38)26-15-3-2-4-16-26/h2-5,8-11,14-18,21,24H,6-7,12-13,19-20H2,1H3,(H,32,36)/t21-/m1/s1. The third-order valence-corrected chi connectivity index (χ3v) is 9.15. The van der Waals surface area contributed by atoms with Gasteiger partial charge in [-0.25, -0.2) is 12.8 Å². The molecule has 1 N–H and O–H groups in total. The van der Waals surface area contributed by atoms with Crippen LogP contribution in [0.15, 0.2) is 88.2 Å². The Morgan fingerprint density at radius 3 is 2.33 bits per heavy atom. The molecule has 0 bridgehead atoms. The lowest BCUT2D eigenvalue weighted by atomic mass is 10.1. The Morgan fingerprint density at radius 1 is 1.00 bits per heavy atom. The van der Waals surface area contributed by atoms with Crippen molar-refractivity contribution in [3.63, 3.8) is 0 Å². The fourth-order valence-corrected chi connectivity index (χ4v) is 6.48. The maximum absolute atomic E-state index is 14.6. The smallest absolute Gasteiger partial charge is 0.264 e. The Hall–Kier alpha value is -3.24. The molecule has 1 fully saturated rings. The van der Waals surface area contributed by atoms with Crippen LogP contribution in [0.5, 0.6) is 0 Å². The van der Waals surface area contributed by atoms with E-state index < -0.39 is 34.3 Å². The minimum Gasteiger partial charge on any atom is -0.352 e. The number of carbonyl (C=O) groups is 2. The van der Waals surface area contributed by atoms with Gasteiger partial charge in [-0.3, -0.25) is 13.9 Å². The van der Waals surface area contributed by atoms with Crippen LogP contribution in [0.1, 0.15) is 38.2 Å². The van der Waals surface area contributed by atoms with E-state index in [4.69, 9.17) is 0 Å². The fourth-order valence-electron chi connectivity index (χ4n) is 4.66.